The SMILES string of the molecule is O=C(NCc1ccccc1Br)c1ccc(Br)cn1. The van der Waals surface area contributed by atoms with Gasteiger partial charge in [0.05, 0.1) is 0 Å². The number of hydrogen-bond acceptors (Lipinski definition) is 2. The molecule has 0 spiro atoms. The lowest BCUT2D eigenvalue weighted by Gasteiger charge is -2.06. The Hall–Kier alpha value is -1.20. The Kier molecular flexibility index (Phi) is 4.49. The number of carbonyl (C=O) groups is 1. The largest absolute Gasteiger partial charge is 0.347 e. The third kappa shape index (κ3) is 3.40. The quantitative estimate of drug-likeness (QED) is 0.899. The molecule has 0 saturated heterocycles. The highest BCUT2D eigenvalue weighted by Crippen LogP contribution is 2.15. The summed E-state index contributed by atoms with van der Waals surface area (Å²) in [5.41, 5.74) is 1.44. The van der Waals surface area contributed by atoms with Crippen LogP contribution in [-0.4, -0.2) is 10.9 Å². The molecular formula is C13H10Br2N2O. The Balaban J connectivity index is 2.01. The van der Waals surface area contributed by atoms with Gasteiger partial charge in [-0.3, -0.25) is 4.79 Å². The second-order valence-corrected chi connectivity index (χ2v) is 5.41. The Morgan fingerprint density at radius 2 is 1.94 bits per heavy atom. The Bertz CT molecular complexity index is 555. The van der Waals surface area contributed by atoms with E-state index in [1.807, 2.05) is 24.3 Å². The molecule has 1 heterocycles. The standard InChI is InChI=1S/C13H10Br2N2O/c14-10-5-6-12(16-8-10)13(18)17-7-9-3-1-2-4-11(9)15/h1-6,8H,7H2,(H,17,18). The van der Waals surface area contributed by atoms with Crippen LogP contribution in [0.4, 0.5) is 0 Å². The Labute approximate surface area is 122 Å². The van der Waals surface area contributed by atoms with Crippen LogP contribution in [0.25, 0.3) is 0 Å². The minimum Gasteiger partial charge on any atom is -0.347 e. The van der Waals surface area contributed by atoms with Crippen molar-refractivity contribution in [2.24, 2.45) is 0 Å². The van der Waals surface area contributed by atoms with Gasteiger partial charge in [0.2, 0.25) is 0 Å². The molecule has 1 amide bonds. The lowest BCUT2D eigenvalue weighted by molar-refractivity contribution is 0.0946. The van der Waals surface area contributed by atoms with E-state index in [1.165, 1.54) is 0 Å². The Morgan fingerprint density at radius 1 is 1.17 bits per heavy atom. The number of nitrogens with zero attached hydrogens (tertiary/aromatic N) is 1. The fraction of sp³-hybridized carbons (Fsp3) is 0.0769. The lowest BCUT2D eigenvalue weighted by atomic mass is 10.2. The molecule has 0 aliphatic heterocycles. The van der Waals surface area contributed by atoms with Crippen molar-refractivity contribution in [3.05, 3.63) is 62.8 Å². The minimum absolute atomic E-state index is 0.182. The molecule has 2 rings (SSSR count). The third-order valence-corrected chi connectivity index (χ3v) is 3.60. The van der Waals surface area contributed by atoms with E-state index >= 15 is 0 Å². The normalized spacial score (nSPS) is 10.1. The smallest absolute Gasteiger partial charge is 0.270 e. The molecule has 0 atom stereocenters. The summed E-state index contributed by atoms with van der Waals surface area (Å²) in [6.45, 7) is 0.470. The van der Waals surface area contributed by atoms with Crippen LogP contribution in [0.5, 0.6) is 0 Å². The zero-order chi connectivity index (χ0) is 13.0. The topological polar surface area (TPSA) is 42.0 Å². The first-order chi connectivity index (χ1) is 8.66. The van der Waals surface area contributed by atoms with Crippen molar-refractivity contribution in [1.29, 1.82) is 0 Å². The van der Waals surface area contributed by atoms with Gasteiger partial charge in [-0.2, -0.15) is 0 Å². The number of pyridine rings is 1. The summed E-state index contributed by atoms with van der Waals surface area (Å²) in [6, 6.07) is 11.2. The summed E-state index contributed by atoms with van der Waals surface area (Å²) in [5, 5.41) is 2.83. The highest BCUT2D eigenvalue weighted by molar-refractivity contribution is 9.10. The van der Waals surface area contributed by atoms with Gasteiger partial charge < -0.3 is 5.32 Å². The van der Waals surface area contributed by atoms with Gasteiger partial charge in [0.1, 0.15) is 5.69 Å². The van der Waals surface area contributed by atoms with Gasteiger partial charge in [0, 0.05) is 21.7 Å². The molecule has 3 nitrogen and oxygen atoms in total. The molecule has 2 aromatic rings. The summed E-state index contributed by atoms with van der Waals surface area (Å²) >= 11 is 6.72. The van der Waals surface area contributed by atoms with E-state index in [1.54, 1.807) is 18.3 Å². The number of hydrogen-bond donors (Lipinski definition) is 1. The van der Waals surface area contributed by atoms with E-state index < -0.39 is 0 Å². The van der Waals surface area contributed by atoms with Crippen LogP contribution in [0, 0.1) is 0 Å². The lowest BCUT2D eigenvalue weighted by Crippen LogP contribution is -2.23. The van der Waals surface area contributed by atoms with Crippen molar-refractivity contribution in [2.45, 2.75) is 6.54 Å². The van der Waals surface area contributed by atoms with Gasteiger partial charge >= 0.3 is 0 Å². The summed E-state index contributed by atoms with van der Waals surface area (Å²) in [5.74, 6) is -0.182. The van der Waals surface area contributed by atoms with Crippen molar-refractivity contribution in [2.75, 3.05) is 0 Å². The second kappa shape index (κ2) is 6.11. The molecule has 0 bridgehead atoms. The van der Waals surface area contributed by atoms with Gasteiger partial charge in [-0.1, -0.05) is 34.1 Å². The molecule has 0 aliphatic rings. The summed E-state index contributed by atoms with van der Waals surface area (Å²) in [6.07, 6.45) is 1.60. The summed E-state index contributed by atoms with van der Waals surface area (Å²) in [7, 11) is 0. The second-order valence-electron chi connectivity index (χ2n) is 3.64. The van der Waals surface area contributed by atoms with Crippen molar-refractivity contribution < 1.29 is 4.79 Å². The number of benzene rings is 1. The summed E-state index contributed by atoms with van der Waals surface area (Å²) in [4.78, 5) is 15.9. The van der Waals surface area contributed by atoms with Crippen LogP contribution in [0.2, 0.25) is 0 Å². The van der Waals surface area contributed by atoms with E-state index in [4.69, 9.17) is 0 Å². The molecule has 1 aromatic heterocycles. The zero-order valence-electron chi connectivity index (χ0n) is 9.36. The molecule has 1 N–H and O–H groups in total. The van der Waals surface area contributed by atoms with Crippen LogP contribution < -0.4 is 5.32 Å². The van der Waals surface area contributed by atoms with Gasteiger partial charge in [-0.15, -0.1) is 0 Å². The molecule has 0 unspecified atom stereocenters. The highest BCUT2D eigenvalue weighted by Gasteiger charge is 2.07. The maximum Gasteiger partial charge on any atom is 0.270 e. The average Bonchev–Trinajstić information content (AvgIpc) is 2.38. The predicted octanol–water partition coefficient (Wildman–Crippen LogP) is 3.54. The van der Waals surface area contributed by atoms with Crippen LogP contribution in [0.1, 0.15) is 16.1 Å². The van der Waals surface area contributed by atoms with E-state index in [0.29, 0.717) is 12.2 Å². The monoisotopic (exact) mass is 368 g/mol. The number of aromatic nitrogens is 1. The minimum atomic E-state index is -0.182. The first kappa shape index (κ1) is 13.2. The summed E-state index contributed by atoms with van der Waals surface area (Å²) < 4.78 is 1.83. The van der Waals surface area contributed by atoms with Gasteiger partial charge in [0.25, 0.3) is 5.91 Å². The number of amides is 1. The van der Waals surface area contributed by atoms with Gasteiger partial charge in [-0.25, -0.2) is 4.98 Å². The molecule has 0 radical (unpaired) electrons. The van der Waals surface area contributed by atoms with Crippen molar-refractivity contribution in [3.63, 3.8) is 0 Å². The number of rotatable bonds is 3. The van der Waals surface area contributed by atoms with E-state index in [2.05, 4.69) is 42.2 Å². The fourth-order valence-corrected chi connectivity index (χ4v) is 2.08. The van der Waals surface area contributed by atoms with Crippen LogP contribution >= 0.6 is 31.9 Å². The molecule has 92 valence electrons. The molecule has 5 heteroatoms. The van der Waals surface area contributed by atoms with Crippen LogP contribution in [0.15, 0.2) is 51.5 Å². The fourth-order valence-electron chi connectivity index (χ4n) is 1.42. The number of nitrogens with one attached hydrogen (secondary N) is 1. The van der Waals surface area contributed by atoms with Crippen LogP contribution in [-0.2, 0) is 6.54 Å². The van der Waals surface area contributed by atoms with Gasteiger partial charge in [-0.05, 0) is 39.7 Å². The maximum absolute atomic E-state index is 11.8. The molecule has 1 aromatic carbocycles. The van der Waals surface area contributed by atoms with Crippen LogP contribution in [0.3, 0.4) is 0 Å². The first-order valence-corrected chi connectivity index (χ1v) is 6.88. The van der Waals surface area contributed by atoms with Crippen molar-refractivity contribution >= 4 is 37.8 Å². The molecule has 18 heavy (non-hydrogen) atoms. The van der Waals surface area contributed by atoms with E-state index in [-0.39, 0.29) is 5.91 Å². The van der Waals surface area contributed by atoms with E-state index in [0.717, 1.165) is 14.5 Å². The van der Waals surface area contributed by atoms with Gasteiger partial charge in [0.15, 0.2) is 0 Å². The highest BCUT2D eigenvalue weighted by atomic mass is 79.9. The molecular weight excluding hydrogens is 360 g/mol. The molecule has 0 saturated carbocycles. The van der Waals surface area contributed by atoms with Crippen molar-refractivity contribution in [3.8, 4) is 0 Å². The maximum atomic E-state index is 11.8. The average molecular weight is 370 g/mol. The number of carbonyl (C=O) groups excluding carboxylic acids is 1. The molecule has 0 aliphatic carbocycles. The third-order valence-electron chi connectivity index (χ3n) is 2.36. The van der Waals surface area contributed by atoms with E-state index in [9.17, 15) is 4.79 Å². The van der Waals surface area contributed by atoms with Crippen molar-refractivity contribution in [1.82, 2.24) is 10.3 Å². The Morgan fingerprint density at radius 3 is 2.61 bits per heavy atom. The predicted molar refractivity (Wildman–Crippen MR) is 77.2 cm³/mol. The zero-order valence-corrected chi connectivity index (χ0v) is 12.5. The number of halogens is 2. The molecule has 0 fully saturated rings. The first-order valence-electron chi connectivity index (χ1n) is 5.30.